The van der Waals surface area contributed by atoms with Crippen molar-refractivity contribution in [3.63, 3.8) is 0 Å². The van der Waals surface area contributed by atoms with Crippen LogP contribution in [0.15, 0.2) is 29.0 Å². The lowest BCUT2D eigenvalue weighted by molar-refractivity contribution is 0.101. The smallest absolute Gasteiger partial charge is 0.279 e. The van der Waals surface area contributed by atoms with E-state index in [4.69, 9.17) is 11.6 Å². The topological polar surface area (TPSA) is 68.0 Å². The fourth-order valence-corrected chi connectivity index (χ4v) is 1.31. The van der Waals surface area contributed by atoms with Crippen LogP contribution in [0.2, 0.25) is 5.02 Å². The number of aromatic nitrogens is 2. The Morgan fingerprint density at radius 2 is 2.31 bits per heavy atom. The van der Waals surface area contributed by atoms with E-state index in [1.54, 1.807) is 12.1 Å². The average molecular weight is 238 g/mol. The van der Waals surface area contributed by atoms with Crippen molar-refractivity contribution in [2.75, 3.05) is 5.32 Å². The van der Waals surface area contributed by atoms with Crippen LogP contribution in [0.25, 0.3) is 0 Å². The molecule has 0 bridgehead atoms. The molecule has 2 aromatic rings. The molecule has 16 heavy (non-hydrogen) atoms. The zero-order chi connectivity index (χ0) is 11.5. The molecule has 0 aliphatic rings. The van der Waals surface area contributed by atoms with E-state index in [9.17, 15) is 4.79 Å². The van der Waals surface area contributed by atoms with E-state index in [0.717, 1.165) is 5.56 Å². The van der Waals surface area contributed by atoms with Gasteiger partial charge in [-0.3, -0.25) is 4.79 Å². The van der Waals surface area contributed by atoms with Crippen molar-refractivity contribution in [1.82, 2.24) is 10.3 Å². The molecule has 6 heteroatoms. The molecular weight excluding hydrogens is 230 g/mol. The summed E-state index contributed by atoms with van der Waals surface area (Å²) in [5.41, 5.74) is 1.67. The Morgan fingerprint density at radius 3 is 2.94 bits per heavy atom. The molecule has 0 radical (unpaired) electrons. The van der Waals surface area contributed by atoms with Gasteiger partial charge in [-0.05, 0) is 29.8 Å². The van der Waals surface area contributed by atoms with Gasteiger partial charge in [-0.25, -0.2) is 4.63 Å². The first kappa shape index (κ1) is 10.6. The van der Waals surface area contributed by atoms with Gasteiger partial charge in [-0.2, -0.15) is 0 Å². The highest BCUT2D eigenvalue weighted by Gasteiger charge is 2.10. The lowest BCUT2D eigenvalue weighted by atomic mass is 10.2. The predicted molar refractivity (Wildman–Crippen MR) is 58.4 cm³/mol. The number of hydrogen-bond acceptors (Lipinski definition) is 4. The molecule has 1 amide bonds. The Hall–Kier alpha value is -1.88. The monoisotopic (exact) mass is 237 g/mol. The molecule has 0 aliphatic carbocycles. The van der Waals surface area contributed by atoms with Crippen LogP contribution in [0.1, 0.15) is 16.1 Å². The number of aryl methyl sites for hydroxylation is 1. The van der Waals surface area contributed by atoms with Gasteiger partial charge in [0.15, 0.2) is 5.69 Å². The number of nitrogens with zero attached hydrogens (tertiary/aromatic N) is 2. The third-order valence-corrected chi connectivity index (χ3v) is 2.43. The molecule has 1 N–H and O–H groups in total. The molecule has 0 fully saturated rings. The zero-order valence-corrected chi connectivity index (χ0v) is 9.15. The van der Waals surface area contributed by atoms with Crippen molar-refractivity contribution in [3.8, 4) is 0 Å². The Bertz CT molecular complexity index is 511. The maximum absolute atomic E-state index is 11.6. The number of halogens is 1. The highest BCUT2D eigenvalue weighted by molar-refractivity contribution is 6.31. The number of amides is 1. The largest absolute Gasteiger partial charge is 0.320 e. The second-order valence-electron chi connectivity index (χ2n) is 3.21. The molecule has 1 heterocycles. The highest BCUT2D eigenvalue weighted by Crippen LogP contribution is 2.20. The van der Waals surface area contributed by atoms with Crippen LogP contribution in [0, 0.1) is 6.92 Å². The minimum atomic E-state index is -0.388. The SMILES string of the molecule is Cc1ccc(NC(=O)c2cnon2)cc1Cl. The average Bonchev–Trinajstić information content (AvgIpc) is 2.77. The molecular formula is C10H8ClN3O2. The number of anilines is 1. The number of carbonyl (C=O) groups excluding carboxylic acids is 1. The van der Waals surface area contributed by atoms with E-state index in [1.165, 1.54) is 6.20 Å². The van der Waals surface area contributed by atoms with E-state index in [-0.39, 0.29) is 11.6 Å². The molecule has 1 aromatic heterocycles. The van der Waals surface area contributed by atoms with Crippen LogP contribution in [-0.4, -0.2) is 16.2 Å². The number of carbonyl (C=O) groups is 1. The van der Waals surface area contributed by atoms with E-state index >= 15 is 0 Å². The third-order valence-electron chi connectivity index (χ3n) is 2.02. The summed E-state index contributed by atoms with van der Waals surface area (Å²) < 4.78 is 4.33. The number of hydrogen-bond donors (Lipinski definition) is 1. The minimum absolute atomic E-state index is 0.122. The van der Waals surface area contributed by atoms with Crippen molar-refractivity contribution >= 4 is 23.2 Å². The van der Waals surface area contributed by atoms with Crippen molar-refractivity contribution in [2.24, 2.45) is 0 Å². The van der Waals surface area contributed by atoms with Gasteiger partial charge in [0.1, 0.15) is 6.20 Å². The van der Waals surface area contributed by atoms with Crippen molar-refractivity contribution in [3.05, 3.63) is 40.7 Å². The maximum Gasteiger partial charge on any atom is 0.279 e. The second-order valence-corrected chi connectivity index (χ2v) is 3.62. The Kier molecular flexibility index (Phi) is 2.87. The molecule has 5 nitrogen and oxygen atoms in total. The Labute approximate surface area is 96.4 Å². The molecule has 2 rings (SSSR count). The fourth-order valence-electron chi connectivity index (χ4n) is 1.13. The van der Waals surface area contributed by atoms with Gasteiger partial charge in [-0.15, -0.1) is 0 Å². The molecule has 0 spiro atoms. The Balaban J connectivity index is 2.15. The van der Waals surface area contributed by atoms with E-state index in [1.807, 2.05) is 13.0 Å². The summed E-state index contributed by atoms with van der Waals surface area (Å²) >= 11 is 5.92. The van der Waals surface area contributed by atoms with Crippen molar-refractivity contribution < 1.29 is 9.42 Å². The predicted octanol–water partition coefficient (Wildman–Crippen LogP) is 2.28. The van der Waals surface area contributed by atoms with Gasteiger partial charge in [-0.1, -0.05) is 22.8 Å². The molecule has 0 saturated heterocycles. The quantitative estimate of drug-likeness (QED) is 0.870. The van der Waals surface area contributed by atoms with Crippen LogP contribution in [-0.2, 0) is 0 Å². The first-order chi connectivity index (χ1) is 7.66. The van der Waals surface area contributed by atoms with Crippen LogP contribution in [0.5, 0.6) is 0 Å². The number of nitrogens with one attached hydrogen (secondary N) is 1. The molecule has 82 valence electrons. The van der Waals surface area contributed by atoms with Gasteiger partial charge < -0.3 is 5.32 Å². The van der Waals surface area contributed by atoms with Gasteiger partial charge in [0.25, 0.3) is 5.91 Å². The van der Waals surface area contributed by atoms with Crippen LogP contribution in [0.3, 0.4) is 0 Å². The van der Waals surface area contributed by atoms with Crippen LogP contribution >= 0.6 is 11.6 Å². The standard InChI is InChI=1S/C10H8ClN3O2/c1-6-2-3-7(4-8(6)11)13-10(15)9-5-12-16-14-9/h2-5H,1H3,(H,13,15). The fraction of sp³-hybridized carbons (Fsp3) is 0.100. The summed E-state index contributed by atoms with van der Waals surface area (Å²) in [4.78, 5) is 11.6. The van der Waals surface area contributed by atoms with Crippen LogP contribution in [0.4, 0.5) is 5.69 Å². The van der Waals surface area contributed by atoms with Gasteiger partial charge >= 0.3 is 0 Å². The van der Waals surface area contributed by atoms with E-state index in [2.05, 4.69) is 20.3 Å². The molecule has 1 aromatic carbocycles. The third kappa shape index (κ3) is 2.20. The minimum Gasteiger partial charge on any atom is -0.320 e. The maximum atomic E-state index is 11.6. The van der Waals surface area contributed by atoms with E-state index in [0.29, 0.717) is 10.7 Å². The molecule has 0 aliphatic heterocycles. The highest BCUT2D eigenvalue weighted by atomic mass is 35.5. The lowest BCUT2D eigenvalue weighted by Gasteiger charge is -2.04. The molecule has 0 atom stereocenters. The summed E-state index contributed by atoms with van der Waals surface area (Å²) in [6.45, 7) is 1.88. The van der Waals surface area contributed by atoms with E-state index < -0.39 is 0 Å². The lowest BCUT2D eigenvalue weighted by Crippen LogP contribution is -2.12. The van der Waals surface area contributed by atoms with Crippen LogP contribution < -0.4 is 5.32 Å². The molecule has 0 unspecified atom stereocenters. The number of benzene rings is 1. The summed E-state index contributed by atoms with van der Waals surface area (Å²) in [7, 11) is 0. The van der Waals surface area contributed by atoms with Gasteiger partial charge in [0.05, 0.1) is 0 Å². The molecule has 0 saturated carbocycles. The summed E-state index contributed by atoms with van der Waals surface area (Å²) in [5, 5.41) is 9.98. The number of rotatable bonds is 2. The first-order valence-corrected chi connectivity index (χ1v) is 4.89. The Morgan fingerprint density at radius 1 is 1.50 bits per heavy atom. The normalized spacial score (nSPS) is 10.1. The van der Waals surface area contributed by atoms with Crippen molar-refractivity contribution in [1.29, 1.82) is 0 Å². The first-order valence-electron chi connectivity index (χ1n) is 4.52. The van der Waals surface area contributed by atoms with Crippen molar-refractivity contribution in [2.45, 2.75) is 6.92 Å². The second kappa shape index (κ2) is 4.32. The van der Waals surface area contributed by atoms with Gasteiger partial charge in [0.2, 0.25) is 0 Å². The summed E-state index contributed by atoms with van der Waals surface area (Å²) in [6.07, 6.45) is 1.24. The van der Waals surface area contributed by atoms with Gasteiger partial charge in [0, 0.05) is 10.7 Å². The summed E-state index contributed by atoms with van der Waals surface area (Å²) in [6, 6.07) is 5.24. The zero-order valence-electron chi connectivity index (χ0n) is 8.40. The summed E-state index contributed by atoms with van der Waals surface area (Å²) in [5.74, 6) is -0.388.